The van der Waals surface area contributed by atoms with E-state index in [0.29, 0.717) is 11.1 Å². The second kappa shape index (κ2) is 9.76. The fourth-order valence-corrected chi connectivity index (χ4v) is 4.67. The summed E-state index contributed by atoms with van der Waals surface area (Å²) in [6.45, 7) is 3.49. The van der Waals surface area contributed by atoms with E-state index in [4.69, 9.17) is 4.52 Å². The van der Waals surface area contributed by atoms with Gasteiger partial charge in [0.1, 0.15) is 5.82 Å². The minimum Gasteiger partial charge on any atom is -0.477 e. The number of rotatable bonds is 7. The smallest absolute Gasteiger partial charge is 0.477 e. The van der Waals surface area contributed by atoms with E-state index in [1.165, 1.54) is 30.3 Å². The molecule has 33 heavy (non-hydrogen) atoms. The average Bonchev–Trinajstić information content (AvgIpc) is 2.80. The Morgan fingerprint density at radius 3 is 2.42 bits per heavy atom. The van der Waals surface area contributed by atoms with Crippen molar-refractivity contribution in [3.8, 4) is 11.8 Å². The average molecular weight is 468 g/mol. The third-order valence-electron chi connectivity index (χ3n) is 5.28. The van der Waals surface area contributed by atoms with E-state index in [2.05, 4.69) is 16.8 Å². The Morgan fingerprint density at radius 2 is 1.82 bits per heavy atom. The first-order chi connectivity index (χ1) is 15.6. The third kappa shape index (κ3) is 4.65. The van der Waals surface area contributed by atoms with Crippen LogP contribution in [0.3, 0.4) is 0 Å². The third-order valence-corrected chi connectivity index (χ3v) is 6.84. The molecule has 0 spiro atoms. The van der Waals surface area contributed by atoms with Crippen LogP contribution >= 0.6 is 8.03 Å². The molecule has 3 aromatic rings. The first-order valence-electron chi connectivity index (χ1n) is 10.2. The van der Waals surface area contributed by atoms with Gasteiger partial charge < -0.3 is 10.2 Å². The van der Waals surface area contributed by atoms with Crippen LogP contribution in [0.25, 0.3) is 10.9 Å². The molecule has 170 valence electrons. The van der Waals surface area contributed by atoms with Crippen molar-refractivity contribution in [3.05, 3.63) is 77.7 Å². The van der Waals surface area contributed by atoms with Crippen molar-refractivity contribution in [2.75, 3.05) is 7.11 Å². The first kappa shape index (κ1) is 24.5. The highest BCUT2D eigenvalue weighted by molar-refractivity contribution is 7.43. The SMILES string of the molecule is CO[P+](=O)C(C#CC(C)C)(C(=O)O)C(O)(Cc1ccc(F)cc1)c1ccc2ccccc2n1. The molecule has 8 heteroatoms. The zero-order valence-electron chi connectivity index (χ0n) is 18.4. The summed E-state index contributed by atoms with van der Waals surface area (Å²) in [5, 5.41) is 20.7. The topological polar surface area (TPSA) is 96.7 Å². The van der Waals surface area contributed by atoms with E-state index < -0.39 is 30.6 Å². The van der Waals surface area contributed by atoms with Crippen molar-refractivity contribution < 1.29 is 28.5 Å². The molecule has 0 amide bonds. The van der Waals surface area contributed by atoms with Gasteiger partial charge >= 0.3 is 19.2 Å². The number of halogens is 1. The number of carboxylic acids is 1. The number of hydrogen-bond acceptors (Lipinski definition) is 5. The molecule has 1 heterocycles. The van der Waals surface area contributed by atoms with E-state index in [9.17, 15) is 24.0 Å². The number of aliphatic carboxylic acids is 1. The van der Waals surface area contributed by atoms with Crippen LogP contribution in [0.4, 0.5) is 4.39 Å². The van der Waals surface area contributed by atoms with Crippen LogP contribution in [0.1, 0.15) is 25.1 Å². The number of para-hydroxylation sites is 1. The highest BCUT2D eigenvalue weighted by Crippen LogP contribution is 2.52. The Morgan fingerprint density at radius 1 is 1.15 bits per heavy atom. The highest BCUT2D eigenvalue weighted by Gasteiger charge is 2.72. The number of benzene rings is 2. The van der Waals surface area contributed by atoms with Crippen LogP contribution in [0.15, 0.2) is 60.7 Å². The number of aliphatic hydroxyl groups is 1. The van der Waals surface area contributed by atoms with Gasteiger partial charge in [0.05, 0.1) is 18.3 Å². The van der Waals surface area contributed by atoms with E-state index >= 15 is 0 Å². The van der Waals surface area contributed by atoms with Crippen LogP contribution < -0.4 is 0 Å². The lowest BCUT2D eigenvalue weighted by molar-refractivity contribution is -0.146. The summed E-state index contributed by atoms with van der Waals surface area (Å²) in [6, 6.07) is 15.5. The molecule has 3 atom stereocenters. The van der Waals surface area contributed by atoms with Crippen molar-refractivity contribution in [3.63, 3.8) is 0 Å². The van der Waals surface area contributed by atoms with Crippen LogP contribution in [-0.2, 0) is 25.9 Å². The summed E-state index contributed by atoms with van der Waals surface area (Å²) < 4.78 is 31.7. The van der Waals surface area contributed by atoms with Crippen molar-refractivity contribution in [2.45, 2.75) is 31.0 Å². The quantitative estimate of drug-likeness (QED) is 0.386. The molecule has 0 aliphatic carbocycles. The van der Waals surface area contributed by atoms with Gasteiger partial charge in [-0.25, -0.2) is 14.2 Å². The van der Waals surface area contributed by atoms with Crippen molar-refractivity contribution in [2.24, 2.45) is 5.92 Å². The zero-order chi connectivity index (χ0) is 24.2. The molecule has 0 aliphatic heterocycles. The Bertz CT molecular complexity index is 1250. The lowest BCUT2D eigenvalue weighted by Gasteiger charge is -2.33. The number of carbonyl (C=O) groups is 1. The molecule has 1 aromatic heterocycles. The summed E-state index contributed by atoms with van der Waals surface area (Å²) in [4.78, 5) is 17.3. The summed E-state index contributed by atoms with van der Waals surface area (Å²) in [5.41, 5.74) is -1.50. The number of aromatic nitrogens is 1. The van der Waals surface area contributed by atoms with E-state index in [-0.39, 0.29) is 18.0 Å². The first-order valence-corrected chi connectivity index (χ1v) is 11.4. The van der Waals surface area contributed by atoms with Gasteiger partial charge in [-0.1, -0.05) is 56.2 Å². The maximum absolute atomic E-state index is 13.5. The summed E-state index contributed by atoms with van der Waals surface area (Å²) in [5.74, 6) is 2.95. The van der Waals surface area contributed by atoms with Crippen molar-refractivity contribution in [1.82, 2.24) is 4.98 Å². The molecule has 2 N–H and O–H groups in total. The Labute approximate surface area is 192 Å². The maximum atomic E-state index is 13.5. The molecule has 0 radical (unpaired) electrons. The second-order valence-electron chi connectivity index (χ2n) is 7.93. The lowest BCUT2D eigenvalue weighted by atomic mass is 9.78. The summed E-state index contributed by atoms with van der Waals surface area (Å²) in [7, 11) is -1.94. The molecular formula is C25H24FNO5P+. The molecule has 0 aliphatic rings. The standard InChI is InChI=1S/C25H23FNO5P/c1-17(2)14-15-25(23(28)29,33(31)32-3)24(30,16-18-8-11-20(26)12-9-18)22-13-10-19-6-4-5-7-21(19)27-22/h4-13,17,30H,16H2,1-3H3/p+1. The van der Waals surface area contributed by atoms with Gasteiger partial charge in [0.15, 0.2) is 5.60 Å². The lowest BCUT2D eigenvalue weighted by Crippen LogP contribution is -2.56. The second-order valence-corrected chi connectivity index (χ2v) is 9.48. The molecule has 0 saturated carbocycles. The van der Waals surface area contributed by atoms with Crippen LogP contribution in [0.5, 0.6) is 0 Å². The molecule has 2 aromatic carbocycles. The zero-order valence-corrected chi connectivity index (χ0v) is 19.3. The monoisotopic (exact) mass is 468 g/mol. The Kier molecular flexibility index (Phi) is 7.24. The van der Waals surface area contributed by atoms with Crippen LogP contribution in [0.2, 0.25) is 0 Å². The molecule has 3 rings (SSSR count). The molecule has 0 saturated heterocycles. The van der Waals surface area contributed by atoms with Gasteiger partial charge in [-0.05, 0) is 40.3 Å². The molecule has 0 fully saturated rings. The fourth-order valence-electron chi connectivity index (χ4n) is 3.59. The Hall–Kier alpha value is -3.17. The molecule has 6 nitrogen and oxygen atoms in total. The summed E-state index contributed by atoms with van der Waals surface area (Å²) >= 11 is 0. The largest absolute Gasteiger partial charge is 0.543 e. The van der Waals surface area contributed by atoms with Crippen molar-refractivity contribution in [1.29, 1.82) is 0 Å². The van der Waals surface area contributed by atoms with Crippen LogP contribution in [-0.4, -0.2) is 33.4 Å². The number of pyridine rings is 1. The van der Waals surface area contributed by atoms with Gasteiger partial charge in [0.25, 0.3) is 0 Å². The van der Waals surface area contributed by atoms with Gasteiger partial charge in [-0.2, -0.15) is 0 Å². The highest BCUT2D eigenvalue weighted by atomic mass is 31.1. The predicted octanol–water partition coefficient (Wildman–Crippen LogP) is 4.68. The van der Waals surface area contributed by atoms with Crippen LogP contribution in [0, 0.1) is 23.6 Å². The van der Waals surface area contributed by atoms with Gasteiger partial charge in [-0.3, -0.25) is 0 Å². The number of nitrogens with zero attached hydrogens (tertiary/aromatic N) is 1. The summed E-state index contributed by atoms with van der Waals surface area (Å²) in [6.07, 6.45) is -0.345. The van der Waals surface area contributed by atoms with E-state index in [1.807, 2.05) is 12.1 Å². The Balaban J connectivity index is 2.37. The van der Waals surface area contributed by atoms with Crippen molar-refractivity contribution >= 4 is 24.9 Å². The van der Waals surface area contributed by atoms with E-state index in [1.54, 1.807) is 32.0 Å². The number of fused-ring (bicyclic) bond motifs is 1. The minimum absolute atomic E-state index is 0.0358. The van der Waals surface area contributed by atoms with Gasteiger partial charge in [0.2, 0.25) is 0 Å². The predicted molar refractivity (Wildman–Crippen MR) is 123 cm³/mol. The van der Waals surface area contributed by atoms with E-state index in [0.717, 1.165) is 12.5 Å². The normalized spacial score (nSPS) is 15.3. The number of hydrogen-bond donors (Lipinski definition) is 2. The number of carboxylic acid groups (broad SMARTS) is 1. The van der Waals surface area contributed by atoms with Gasteiger partial charge in [0, 0.05) is 17.7 Å². The maximum Gasteiger partial charge on any atom is 0.543 e. The molecule has 0 bridgehead atoms. The minimum atomic E-state index is -3.04. The fraction of sp³-hybridized carbons (Fsp3) is 0.280. The molecule has 3 unspecified atom stereocenters. The molecular weight excluding hydrogens is 444 g/mol. The van der Waals surface area contributed by atoms with Gasteiger partial charge in [-0.15, -0.1) is 4.52 Å².